The van der Waals surface area contributed by atoms with E-state index in [1.54, 1.807) is 25.3 Å². The van der Waals surface area contributed by atoms with Crippen LogP contribution in [0.2, 0.25) is 0 Å². The van der Waals surface area contributed by atoms with Crippen LogP contribution in [-0.2, 0) is 0 Å². The summed E-state index contributed by atoms with van der Waals surface area (Å²) in [7, 11) is 3.06. The minimum absolute atomic E-state index is 0.234. The highest BCUT2D eigenvalue weighted by Crippen LogP contribution is 2.33. The molecule has 0 saturated heterocycles. The molecule has 0 aliphatic rings. The van der Waals surface area contributed by atoms with Gasteiger partial charge in [0.25, 0.3) is 5.91 Å². The minimum Gasteiger partial charge on any atom is -0.493 e. The molecule has 0 radical (unpaired) electrons. The van der Waals surface area contributed by atoms with Gasteiger partial charge in [0, 0.05) is 0 Å². The summed E-state index contributed by atoms with van der Waals surface area (Å²) in [5.74, 6) is 2.10. The Labute approximate surface area is 173 Å². The summed E-state index contributed by atoms with van der Waals surface area (Å²) >= 11 is 0. The van der Waals surface area contributed by atoms with E-state index in [1.807, 2.05) is 25.1 Å². The highest BCUT2D eigenvalue weighted by atomic mass is 16.5. The Kier molecular flexibility index (Phi) is 8.65. The van der Waals surface area contributed by atoms with Crippen molar-refractivity contribution in [1.82, 2.24) is 5.32 Å². The second-order valence-corrected chi connectivity index (χ2v) is 6.64. The van der Waals surface area contributed by atoms with Crippen LogP contribution >= 0.6 is 0 Å². The SMILES string of the molecule is CCCOc1ccc(C(C)NC(=O)c2cccc(OC)c2OC)cc1OCCC. The molecule has 1 atom stereocenters. The predicted molar refractivity (Wildman–Crippen MR) is 113 cm³/mol. The standard InChI is InChI=1S/C23H31NO5/c1-6-13-28-19-12-11-17(15-21(19)29-14-7-2)16(3)24-23(25)18-9-8-10-20(26-4)22(18)27-5/h8-12,15-16H,6-7,13-14H2,1-5H3,(H,24,25). The molecular formula is C23H31NO5. The first-order valence-corrected chi connectivity index (χ1v) is 9.97. The van der Waals surface area contributed by atoms with Crippen LogP contribution in [-0.4, -0.2) is 33.3 Å². The summed E-state index contributed by atoms with van der Waals surface area (Å²) in [6.07, 6.45) is 1.82. The Morgan fingerprint density at radius 1 is 0.931 bits per heavy atom. The number of nitrogens with one attached hydrogen (secondary N) is 1. The van der Waals surface area contributed by atoms with Gasteiger partial charge in [-0.2, -0.15) is 0 Å². The normalized spacial score (nSPS) is 11.5. The summed E-state index contributed by atoms with van der Waals surface area (Å²) in [6, 6.07) is 10.8. The number of hydrogen-bond acceptors (Lipinski definition) is 5. The van der Waals surface area contributed by atoms with Crippen LogP contribution < -0.4 is 24.3 Å². The first kappa shape index (κ1) is 22.4. The van der Waals surface area contributed by atoms with E-state index in [-0.39, 0.29) is 11.9 Å². The number of benzene rings is 2. The molecule has 0 bridgehead atoms. The third kappa shape index (κ3) is 5.79. The fourth-order valence-electron chi connectivity index (χ4n) is 2.87. The van der Waals surface area contributed by atoms with Gasteiger partial charge < -0.3 is 24.3 Å². The van der Waals surface area contributed by atoms with Crippen LogP contribution in [0.1, 0.15) is 55.6 Å². The predicted octanol–water partition coefficient (Wildman–Crippen LogP) is 4.77. The Morgan fingerprint density at radius 2 is 1.62 bits per heavy atom. The summed E-state index contributed by atoms with van der Waals surface area (Å²) < 4.78 is 22.3. The number of rotatable bonds is 11. The summed E-state index contributed by atoms with van der Waals surface area (Å²) in [5.41, 5.74) is 1.35. The van der Waals surface area contributed by atoms with Crippen molar-refractivity contribution in [1.29, 1.82) is 0 Å². The smallest absolute Gasteiger partial charge is 0.255 e. The Balaban J connectivity index is 2.21. The topological polar surface area (TPSA) is 66.0 Å². The molecule has 1 amide bonds. The van der Waals surface area contributed by atoms with Crippen molar-refractivity contribution in [2.24, 2.45) is 0 Å². The van der Waals surface area contributed by atoms with Crippen LogP contribution in [0.5, 0.6) is 23.0 Å². The molecule has 0 aliphatic heterocycles. The highest BCUT2D eigenvalue weighted by Gasteiger charge is 2.19. The maximum Gasteiger partial charge on any atom is 0.255 e. The zero-order valence-corrected chi connectivity index (χ0v) is 17.9. The fourth-order valence-corrected chi connectivity index (χ4v) is 2.87. The molecule has 0 heterocycles. The fraction of sp³-hybridized carbons (Fsp3) is 0.435. The average Bonchev–Trinajstić information content (AvgIpc) is 2.75. The molecule has 0 spiro atoms. The summed E-state index contributed by atoms with van der Waals surface area (Å²) in [5, 5.41) is 3.01. The van der Waals surface area contributed by atoms with Gasteiger partial charge in [0.05, 0.1) is 39.0 Å². The average molecular weight is 402 g/mol. The molecule has 1 unspecified atom stereocenters. The van der Waals surface area contributed by atoms with Crippen molar-refractivity contribution in [3.8, 4) is 23.0 Å². The molecule has 0 saturated carbocycles. The van der Waals surface area contributed by atoms with Crippen molar-refractivity contribution in [3.63, 3.8) is 0 Å². The first-order chi connectivity index (χ1) is 14.0. The van der Waals surface area contributed by atoms with Crippen molar-refractivity contribution in [2.75, 3.05) is 27.4 Å². The summed E-state index contributed by atoms with van der Waals surface area (Å²) in [6.45, 7) is 7.28. The molecule has 29 heavy (non-hydrogen) atoms. The number of hydrogen-bond donors (Lipinski definition) is 1. The molecule has 158 valence electrons. The van der Waals surface area contributed by atoms with E-state index >= 15 is 0 Å². The molecule has 1 N–H and O–H groups in total. The third-order valence-corrected chi connectivity index (χ3v) is 4.39. The van der Waals surface area contributed by atoms with Crippen molar-refractivity contribution < 1.29 is 23.7 Å². The largest absolute Gasteiger partial charge is 0.493 e. The summed E-state index contributed by atoms with van der Waals surface area (Å²) in [4.78, 5) is 12.8. The number of amides is 1. The van der Waals surface area contributed by atoms with Crippen LogP contribution in [0.4, 0.5) is 0 Å². The second kappa shape index (κ2) is 11.2. The lowest BCUT2D eigenvalue weighted by Crippen LogP contribution is -2.27. The maximum absolute atomic E-state index is 12.8. The number of ether oxygens (including phenoxy) is 4. The van der Waals surface area contributed by atoms with Crippen LogP contribution in [0, 0.1) is 0 Å². The van der Waals surface area contributed by atoms with E-state index in [0.29, 0.717) is 36.0 Å². The molecule has 6 nitrogen and oxygen atoms in total. The van der Waals surface area contributed by atoms with Gasteiger partial charge in [0.1, 0.15) is 0 Å². The molecule has 6 heteroatoms. The van der Waals surface area contributed by atoms with Crippen LogP contribution in [0.15, 0.2) is 36.4 Å². The third-order valence-electron chi connectivity index (χ3n) is 4.39. The van der Waals surface area contributed by atoms with Gasteiger partial charge in [0.15, 0.2) is 23.0 Å². The van der Waals surface area contributed by atoms with E-state index in [9.17, 15) is 4.79 Å². The van der Waals surface area contributed by atoms with Crippen molar-refractivity contribution >= 4 is 5.91 Å². The van der Waals surface area contributed by atoms with E-state index in [4.69, 9.17) is 18.9 Å². The monoisotopic (exact) mass is 401 g/mol. The lowest BCUT2D eigenvalue weighted by atomic mass is 10.1. The van der Waals surface area contributed by atoms with E-state index in [0.717, 1.165) is 24.2 Å². The number of carbonyl (C=O) groups is 1. The lowest BCUT2D eigenvalue weighted by Gasteiger charge is -2.19. The van der Waals surface area contributed by atoms with Gasteiger partial charge in [-0.15, -0.1) is 0 Å². The number of para-hydroxylation sites is 1. The van der Waals surface area contributed by atoms with E-state index < -0.39 is 0 Å². The first-order valence-electron chi connectivity index (χ1n) is 9.97. The number of carbonyl (C=O) groups excluding carboxylic acids is 1. The van der Waals surface area contributed by atoms with Crippen molar-refractivity contribution in [2.45, 2.75) is 39.7 Å². The molecule has 2 aromatic rings. The molecule has 0 aromatic heterocycles. The quantitative estimate of drug-likeness (QED) is 0.587. The van der Waals surface area contributed by atoms with Crippen molar-refractivity contribution in [3.05, 3.63) is 47.5 Å². The zero-order chi connectivity index (χ0) is 21.2. The molecular weight excluding hydrogens is 370 g/mol. The molecule has 2 aromatic carbocycles. The molecule has 0 aliphatic carbocycles. The van der Waals surface area contributed by atoms with Gasteiger partial charge in [-0.05, 0) is 49.6 Å². The lowest BCUT2D eigenvalue weighted by molar-refractivity contribution is 0.0936. The van der Waals surface area contributed by atoms with E-state index in [2.05, 4.69) is 19.2 Å². The van der Waals surface area contributed by atoms with Gasteiger partial charge in [-0.1, -0.05) is 26.0 Å². The highest BCUT2D eigenvalue weighted by molar-refractivity contribution is 5.98. The van der Waals surface area contributed by atoms with Gasteiger partial charge >= 0.3 is 0 Å². The zero-order valence-electron chi connectivity index (χ0n) is 17.9. The Bertz CT molecular complexity index is 806. The Hall–Kier alpha value is -2.89. The second-order valence-electron chi connectivity index (χ2n) is 6.64. The van der Waals surface area contributed by atoms with Crippen LogP contribution in [0.25, 0.3) is 0 Å². The van der Waals surface area contributed by atoms with Gasteiger partial charge in [0.2, 0.25) is 0 Å². The maximum atomic E-state index is 12.8. The molecule has 0 fully saturated rings. The van der Waals surface area contributed by atoms with Crippen LogP contribution in [0.3, 0.4) is 0 Å². The number of methoxy groups -OCH3 is 2. The Morgan fingerprint density at radius 3 is 2.24 bits per heavy atom. The molecule has 2 rings (SSSR count). The van der Waals surface area contributed by atoms with Gasteiger partial charge in [-0.25, -0.2) is 0 Å². The van der Waals surface area contributed by atoms with Gasteiger partial charge in [-0.3, -0.25) is 4.79 Å². The van der Waals surface area contributed by atoms with E-state index in [1.165, 1.54) is 7.11 Å². The minimum atomic E-state index is -0.240.